The molecule has 0 radical (unpaired) electrons. The van der Waals surface area contributed by atoms with Crippen LogP contribution >= 0.6 is 0 Å². The summed E-state index contributed by atoms with van der Waals surface area (Å²) in [7, 11) is 4.25. The average molecular weight is 570 g/mol. The van der Waals surface area contributed by atoms with Crippen LogP contribution < -0.4 is 4.90 Å². The molecule has 0 amide bonds. The first-order valence-electron chi connectivity index (χ1n) is 11.6. The Bertz CT molecular complexity index is 1080. The molecule has 0 aromatic carbocycles. The van der Waals surface area contributed by atoms with Gasteiger partial charge in [0.1, 0.15) is 18.0 Å². The number of fused-ring (bicyclic) bond motifs is 1. The average Bonchev–Trinajstić information content (AvgIpc) is 3.13. The summed E-state index contributed by atoms with van der Waals surface area (Å²) in [5.41, 5.74) is 2.58. The number of aryl methyl sites for hydroxylation is 1. The molecule has 0 atom stereocenters. The highest BCUT2D eigenvalue weighted by atomic mass is 19.4. The van der Waals surface area contributed by atoms with E-state index in [0.717, 1.165) is 70.3 Å². The highest BCUT2D eigenvalue weighted by molar-refractivity contribution is 5.73. The lowest BCUT2D eigenvalue weighted by atomic mass is 10.1. The number of carboxylic acids is 2. The summed E-state index contributed by atoms with van der Waals surface area (Å²) in [6, 6.07) is 0. The van der Waals surface area contributed by atoms with E-state index in [-0.39, 0.29) is 0 Å². The lowest BCUT2D eigenvalue weighted by Gasteiger charge is -2.34. The Labute approximate surface area is 219 Å². The first-order valence-corrected chi connectivity index (χ1v) is 11.6. The minimum absolute atomic E-state index is 0.898. The van der Waals surface area contributed by atoms with Gasteiger partial charge in [-0.1, -0.05) is 0 Å². The van der Waals surface area contributed by atoms with Crippen LogP contribution in [0.15, 0.2) is 18.7 Å². The van der Waals surface area contributed by atoms with Crippen molar-refractivity contribution in [2.75, 3.05) is 51.2 Å². The zero-order chi connectivity index (χ0) is 29.4. The quantitative estimate of drug-likeness (QED) is 0.529. The van der Waals surface area contributed by atoms with Gasteiger partial charge in [-0.05, 0) is 13.5 Å². The maximum atomic E-state index is 10.6. The molecule has 2 aromatic rings. The van der Waals surface area contributed by atoms with Crippen LogP contribution in [-0.2, 0) is 36.0 Å². The van der Waals surface area contributed by atoms with Gasteiger partial charge in [0.25, 0.3) is 0 Å². The molecule has 2 N–H and O–H groups in total. The van der Waals surface area contributed by atoms with Crippen molar-refractivity contribution < 1.29 is 46.1 Å². The summed E-state index contributed by atoms with van der Waals surface area (Å²) in [5.74, 6) is -3.23. The van der Waals surface area contributed by atoms with E-state index in [1.54, 1.807) is 6.33 Å². The van der Waals surface area contributed by atoms with Crippen molar-refractivity contribution in [2.45, 2.75) is 31.7 Å². The molecule has 2 aromatic heterocycles. The number of nitrogens with zero attached hydrogens (tertiary/aromatic N) is 7. The molecule has 39 heavy (non-hydrogen) atoms. The van der Waals surface area contributed by atoms with Crippen LogP contribution in [0.1, 0.15) is 17.1 Å². The molecule has 4 rings (SSSR count). The van der Waals surface area contributed by atoms with Gasteiger partial charge in [0.05, 0.1) is 12.2 Å². The van der Waals surface area contributed by atoms with Crippen LogP contribution in [0, 0.1) is 0 Å². The fourth-order valence-electron chi connectivity index (χ4n) is 3.75. The van der Waals surface area contributed by atoms with E-state index in [2.05, 4.69) is 48.3 Å². The molecular formula is C22H29F6N7O4. The third-order valence-electron chi connectivity index (χ3n) is 5.93. The predicted octanol–water partition coefficient (Wildman–Crippen LogP) is 1.83. The smallest absolute Gasteiger partial charge is 0.475 e. The molecule has 0 unspecified atom stereocenters. The molecule has 11 nitrogen and oxygen atoms in total. The number of rotatable bonds is 3. The van der Waals surface area contributed by atoms with Gasteiger partial charge in [0.15, 0.2) is 0 Å². The number of hydrogen-bond donors (Lipinski definition) is 2. The van der Waals surface area contributed by atoms with Crippen molar-refractivity contribution in [3.05, 3.63) is 35.8 Å². The summed E-state index contributed by atoms with van der Waals surface area (Å²) >= 11 is 0. The maximum absolute atomic E-state index is 10.6. The van der Waals surface area contributed by atoms with Gasteiger partial charge in [0.2, 0.25) is 0 Å². The predicted molar refractivity (Wildman–Crippen MR) is 125 cm³/mol. The number of alkyl halides is 6. The number of halogens is 6. The minimum Gasteiger partial charge on any atom is -0.475 e. The number of carboxylic acid groups (broad SMARTS) is 2. The van der Waals surface area contributed by atoms with Crippen molar-refractivity contribution >= 4 is 17.8 Å². The lowest BCUT2D eigenvalue weighted by Crippen LogP contribution is -2.45. The first-order chi connectivity index (χ1) is 18.1. The molecule has 0 saturated carbocycles. The summed E-state index contributed by atoms with van der Waals surface area (Å²) < 4.78 is 65.6. The Morgan fingerprint density at radius 3 is 1.87 bits per heavy atom. The number of piperazine rings is 1. The number of aliphatic carboxylic acids is 2. The molecule has 0 spiro atoms. The van der Waals surface area contributed by atoms with Crippen molar-refractivity contribution in [2.24, 2.45) is 7.05 Å². The molecule has 4 heterocycles. The van der Waals surface area contributed by atoms with Crippen LogP contribution in [0.25, 0.3) is 0 Å². The minimum atomic E-state index is -5.08. The van der Waals surface area contributed by atoms with Crippen LogP contribution in [0.2, 0.25) is 0 Å². The van der Waals surface area contributed by atoms with Gasteiger partial charge < -0.3 is 24.6 Å². The highest BCUT2D eigenvalue weighted by Gasteiger charge is 2.38. The zero-order valence-corrected chi connectivity index (χ0v) is 21.2. The van der Waals surface area contributed by atoms with Crippen molar-refractivity contribution in [1.29, 1.82) is 0 Å². The Morgan fingerprint density at radius 2 is 1.38 bits per heavy atom. The number of aromatic nitrogens is 4. The summed E-state index contributed by atoms with van der Waals surface area (Å²) in [6.07, 6.45) is -2.52. The molecule has 218 valence electrons. The zero-order valence-electron chi connectivity index (χ0n) is 21.2. The highest BCUT2D eigenvalue weighted by Crippen LogP contribution is 2.25. The van der Waals surface area contributed by atoms with Crippen LogP contribution in [0.4, 0.5) is 32.2 Å². The number of imidazole rings is 1. The van der Waals surface area contributed by atoms with Gasteiger partial charge in [-0.15, -0.1) is 0 Å². The normalized spacial score (nSPS) is 16.7. The third kappa shape index (κ3) is 9.97. The molecule has 2 aliphatic rings. The molecule has 1 saturated heterocycles. The second-order valence-electron chi connectivity index (χ2n) is 8.75. The molecular weight excluding hydrogens is 540 g/mol. The Morgan fingerprint density at radius 1 is 0.846 bits per heavy atom. The fourth-order valence-corrected chi connectivity index (χ4v) is 3.75. The first kappa shape index (κ1) is 31.7. The Balaban J connectivity index is 0.000000317. The van der Waals surface area contributed by atoms with Crippen LogP contribution in [0.3, 0.4) is 0 Å². The van der Waals surface area contributed by atoms with Crippen molar-refractivity contribution in [1.82, 2.24) is 29.3 Å². The van der Waals surface area contributed by atoms with Gasteiger partial charge in [-0.25, -0.2) is 24.5 Å². The van der Waals surface area contributed by atoms with Crippen molar-refractivity contribution in [3.8, 4) is 0 Å². The van der Waals surface area contributed by atoms with Gasteiger partial charge >= 0.3 is 24.3 Å². The van der Waals surface area contributed by atoms with Crippen molar-refractivity contribution in [3.63, 3.8) is 0 Å². The largest absolute Gasteiger partial charge is 0.490 e. The van der Waals surface area contributed by atoms with E-state index in [9.17, 15) is 26.3 Å². The van der Waals surface area contributed by atoms with E-state index in [1.165, 1.54) is 11.3 Å². The standard InChI is InChI=1S/C18H27N7.2C2HF3O2/c1-22-9-11-25(12-10-22)18-15-3-6-24(7-4-16(15)20-14-21-18)13-17-19-5-8-23(17)2;2*3-2(4,5)1(6)7/h5,8,14H,3-4,6-7,9-13H2,1-2H3;2*(H,6,7). The summed E-state index contributed by atoms with van der Waals surface area (Å²) in [4.78, 5) is 38.8. The van der Waals surface area contributed by atoms with E-state index in [0.29, 0.717) is 0 Å². The number of carbonyl (C=O) groups is 2. The second kappa shape index (κ2) is 13.5. The second-order valence-corrected chi connectivity index (χ2v) is 8.75. The maximum Gasteiger partial charge on any atom is 0.490 e. The summed E-state index contributed by atoms with van der Waals surface area (Å²) in [6.45, 7) is 7.27. The SMILES string of the molecule is CN1CCN(c2ncnc3c2CCN(Cc2nccn2C)CC3)CC1.O=C(O)C(F)(F)F.O=C(O)C(F)(F)F. The third-order valence-corrected chi connectivity index (χ3v) is 5.93. The molecule has 17 heteroatoms. The Kier molecular flexibility index (Phi) is 11.0. The topological polar surface area (TPSA) is 128 Å². The van der Waals surface area contributed by atoms with E-state index in [4.69, 9.17) is 19.8 Å². The van der Waals surface area contributed by atoms with Crippen LogP contribution in [-0.4, -0.2) is 110 Å². The lowest BCUT2D eigenvalue weighted by molar-refractivity contribution is -0.193. The molecule has 2 aliphatic heterocycles. The van der Waals surface area contributed by atoms with E-state index >= 15 is 0 Å². The number of hydrogen-bond acceptors (Lipinski definition) is 8. The summed E-state index contributed by atoms with van der Waals surface area (Å²) in [5, 5.41) is 14.2. The fraction of sp³-hybridized carbons (Fsp3) is 0.591. The van der Waals surface area contributed by atoms with Crippen LogP contribution in [0.5, 0.6) is 0 Å². The van der Waals surface area contributed by atoms with Gasteiger partial charge in [-0.3, -0.25) is 4.90 Å². The molecule has 0 aliphatic carbocycles. The Hall–Kier alpha value is -3.47. The number of likely N-dealkylation sites (N-methyl/N-ethyl adjacent to an activating group) is 1. The van der Waals surface area contributed by atoms with Gasteiger partial charge in [-0.2, -0.15) is 26.3 Å². The monoisotopic (exact) mass is 569 g/mol. The molecule has 0 bridgehead atoms. The van der Waals surface area contributed by atoms with E-state index < -0.39 is 24.3 Å². The van der Waals surface area contributed by atoms with E-state index in [1.807, 2.05) is 12.4 Å². The van der Waals surface area contributed by atoms with Gasteiger partial charge in [0, 0.05) is 70.7 Å². The number of anilines is 1. The molecule has 1 fully saturated rings.